The first-order valence-electron chi connectivity index (χ1n) is 11.5. The quantitative estimate of drug-likeness (QED) is 0.404. The number of rotatable bonds is 5. The van der Waals surface area contributed by atoms with E-state index in [4.69, 9.17) is 9.84 Å². The topological polar surface area (TPSA) is 99.2 Å². The summed E-state index contributed by atoms with van der Waals surface area (Å²) in [6.07, 6.45) is 0.298. The lowest BCUT2D eigenvalue weighted by molar-refractivity contribution is -0.116. The minimum Gasteiger partial charge on any atom is -0.489 e. The van der Waals surface area contributed by atoms with Gasteiger partial charge in [-0.2, -0.15) is 14.3 Å². The van der Waals surface area contributed by atoms with E-state index in [1.807, 2.05) is 44.2 Å². The van der Waals surface area contributed by atoms with Crippen molar-refractivity contribution in [2.75, 3.05) is 5.32 Å². The van der Waals surface area contributed by atoms with E-state index in [9.17, 15) is 9.18 Å². The summed E-state index contributed by atoms with van der Waals surface area (Å²) in [4.78, 5) is 12.7. The molecule has 4 heterocycles. The number of nitrogens with one attached hydrogen (secondary N) is 1. The molecule has 1 N–H and O–H groups in total. The summed E-state index contributed by atoms with van der Waals surface area (Å²) in [5.74, 6) is 1.85. The molecule has 6 rings (SSSR count). The number of aromatic nitrogens is 6. The summed E-state index contributed by atoms with van der Waals surface area (Å²) in [5, 5.41) is 20.4. The molecule has 10 heteroatoms. The Labute approximate surface area is 205 Å². The molecule has 0 bridgehead atoms. The first kappa shape index (κ1) is 21.9. The number of amides is 1. The van der Waals surface area contributed by atoms with Crippen LogP contribution in [0.2, 0.25) is 0 Å². The molecule has 5 aromatic rings. The molecule has 0 radical (unpaired) electrons. The zero-order valence-electron chi connectivity index (χ0n) is 19.6. The monoisotopic (exact) mass is 483 g/mol. The first-order valence-corrected chi connectivity index (χ1v) is 11.5. The molecule has 9 nitrogen and oxygen atoms in total. The number of anilines is 1. The van der Waals surface area contributed by atoms with Crippen LogP contribution in [0.15, 0.2) is 60.7 Å². The van der Waals surface area contributed by atoms with Gasteiger partial charge < -0.3 is 10.1 Å². The Morgan fingerprint density at radius 2 is 1.83 bits per heavy atom. The molecule has 1 amide bonds. The van der Waals surface area contributed by atoms with Gasteiger partial charge in [-0.1, -0.05) is 30.3 Å². The average Bonchev–Trinajstić information content (AvgIpc) is 3.42. The smallest absolute Gasteiger partial charge is 0.226 e. The van der Waals surface area contributed by atoms with Crippen molar-refractivity contribution in [1.82, 2.24) is 29.6 Å². The number of ether oxygens (including phenoxy) is 1. The molecular formula is C26H22FN7O2. The second-order valence-electron chi connectivity index (χ2n) is 8.72. The highest BCUT2D eigenvalue weighted by Gasteiger charge is 2.33. The SMILES string of the molecule is Cc1nn(-c2ccc3nnc(C)n3n2)c2c1[C@H](c1ccc(OCc3ccccc3F)cc1)CC(=O)N2. The van der Waals surface area contributed by atoms with Gasteiger partial charge in [-0.15, -0.1) is 15.3 Å². The Hall–Kier alpha value is -4.60. The third kappa shape index (κ3) is 3.76. The molecule has 0 aliphatic carbocycles. The minimum absolute atomic E-state index is 0.102. The maximum Gasteiger partial charge on any atom is 0.226 e. The van der Waals surface area contributed by atoms with Gasteiger partial charge in [0.2, 0.25) is 5.91 Å². The number of aryl methyl sites for hydroxylation is 2. The number of carbonyl (C=O) groups excluding carboxylic acids is 1. The van der Waals surface area contributed by atoms with Crippen molar-refractivity contribution >= 4 is 17.4 Å². The fraction of sp³-hybridized carbons (Fsp3) is 0.192. The van der Waals surface area contributed by atoms with Crippen LogP contribution in [-0.4, -0.2) is 35.5 Å². The molecule has 0 saturated carbocycles. The van der Waals surface area contributed by atoms with Crippen molar-refractivity contribution in [1.29, 1.82) is 0 Å². The van der Waals surface area contributed by atoms with Gasteiger partial charge in [0.15, 0.2) is 17.3 Å². The van der Waals surface area contributed by atoms with Gasteiger partial charge in [-0.25, -0.2) is 4.39 Å². The van der Waals surface area contributed by atoms with Crippen LogP contribution in [0, 0.1) is 19.7 Å². The number of benzene rings is 2. The Morgan fingerprint density at radius 3 is 2.64 bits per heavy atom. The standard InChI is InChI=1S/C26H22FN7O2/c1-15-25-20(17-7-9-19(10-8-17)36-14-18-5-3-4-6-21(18)27)13-24(35)28-26(25)34(31-15)23-12-11-22-30-29-16(2)33(22)32-23/h3-12,20H,13-14H2,1-2H3,(H,28,35)/t20-/m0/s1. The molecule has 1 aliphatic rings. The van der Waals surface area contributed by atoms with E-state index in [0.29, 0.717) is 40.8 Å². The fourth-order valence-corrected chi connectivity index (χ4v) is 4.57. The molecule has 1 atom stereocenters. The predicted octanol–water partition coefficient (Wildman–Crippen LogP) is 4.12. The highest BCUT2D eigenvalue weighted by molar-refractivity contribution is 5.95. The molecule has 0 saturated heterocycles. The average molecular weight is 484 g/mol. The lowest BCUT2D eigenvalue weighted by Crippen LogP contribution is -2.25. The van der Waals surface area contributed by atoms with E-state index in [1.165, 1.54) is 6.07 Å². The number of halogens is 1. The Balaban J connectivity index is 1.31. The van der Waals surface area contributed by atoms with E-state index >= 15 is 0 Å². The molecule has 0 unspecified atom stereocenters. The van der Waals surface area contributed by atoms with Crippen molar-refractivity contribution in [2.24, 2.45) is 0 Å². The zero-order valence-corrected chi connectivity index (χ0v) is 19.6. The second-order valence-corrected chi connectivity index (χ2v) is 8.72. The van der Waals surface area contributed by atoms with Crippen molar-refractivity contribution in [2.45, 2.75) is 32.8 Å². The highest BCUT2D eigenvalue weighted by atomic mass is 19.1. The van der Waals surface area contributed by atoms with Crippen LogP contribution < -0.4 is 10.1 Å². The van der Waals surface area contributed by atoms with Crippen molar-refractivity contribution < 1.29 is 13.9 Å². The summed E-state index contributed by atoms with van der Waals surface area (Å²) in [6, 6.07) is 17.7. The van der Waals surface area contributed by atoms with Crippen LogP contribution in [0.25, 0.3) is 11.5 Å². The summed E-state index contributed by atoms with van der Waals surface area (Å²) in [5.41, 5.74) is 3.83. The molecule has 36 heavy (non-hydrogen) atoms. The van der Waals surface area contributed by atoms with Crippen molar-refractivity contribution in [3.63, 3.8) is 0 Å². The molecule has 2 aromatic carbocycles. The van der Waals surface area contributed by atoms with Gasteiger partial charge in [0.25, 0.3) is 0 Å². The van der Waals surface area contributed by atoms with E-state index in [2.05, 4.69) is 20.6 Å². The van der Waals surface area contributed by atoms with Crippen LogP contribution in [0.5, 0.6) is 5.75 Å². The van der Waals surface area contributed by atoms with Crippen molar-refractivity contribution in [3.05, 3.63) is 94.7 Å². The Morgan fingerprint density at radius 1 is 1.03 bits per heavy atom. The predicted molar refractivity (Wildman–Crippen MR) is 130 cm³/mol. The van der Waals surface area contributed by atoms with Gasteiger partial charge >= 0.3 is 0 Å². The molecule has 180 valence electrons. The van der Waals surface area contributed by atoms with Gasteiger partial charge in [-0.05, 0) is 49.7 Å². The van der Waals surface area contributed by atoms with Crippen LogP contribution in [-0.2, 0) is 11.4 Å². The Bertz CT molecular complexity index is 1610. The number of hydrogen-bond acceptors (Lipinski definition) is 6. The van der Waals surface area contributed by atoms with E-state index in [0.717, 1.165) is 16.8 Å². The van der Waals surface area contributed by atoms with E-state index in [1.54, 1.807) is 33.5 Å². The van der Waals surface area contributed by atoms with Crippen molar-refractivity contribution in [3.8, 4) is 11.6 Å². The first-order chi connectivity index (χ1) is 17.5. The highest BCUT2D eigenvalue weighted by Crippen LogP contribution is 2.40. The summed E-state index contributed by atoms with van der Waals surface area (Å²) in [6.45, 7) is 3.88. The van der Waals surface area contributed by atoms with E-state index < -0.39 is 0 Å². The minimum atomic E-state index is -0.296. The molecule has 1 aliphatic heterocycles. The third-order valence-corrected chi connectivity index (χ3v) is 6.36. The lowest BCUT2D eigenvalue weighted by Gasteiger charge is -2.24. The van der Waals surface area contributed by atoms with Crippen LogP contribution in [0.3, 0.4) is 0 Å². The maximum absolute atomic E-state index is 13.9. The summed E-state index contributed by atoms with van der Waals surface area (Å²) >= 11 is 0. The molecule has 0 spiro atoms. The molecular weight excluding hydrogens is 461 g/mol. The van der Waals surface area contributed by atoms with Gasteiger partial charge in [-0.3, -0.25) is 4.79 Å². The summed E-state index contributed by atoms with van der Waals surface area (Å²) < 4.78 is 22.9. The number of hydrogen-bond donors (Lipinski definition) is 1. The van der Waals surface area contributed by atoms with Gasteiger partial charge in [0, 0.05) is 23.5 Å². The van der Waals surface area contributed by atoms with Crippen LogP contribution in [0.1, 0.15) is 40.5 Å². The largest absolute Gasteiger partial charge is 0.489 e. The van der Waals surface area contributed by atoms with E-state index in [-0.39, 0.29) is 24.2 Å². The molecule has 3 aromatic heterocycles. The summed E-state index contributed by atoms with van der Waals surface area (Å²) in [7, 11) is 0. The van der Waals surface area contributed by atoms with Gasteiger partial charge in [0.05, 0.1) is 5.69 Å². The number of fused-ring (bicyclic) bond motifs is 2. The number of nitrogens with zero attached hydrogens (tertiary/aromatic N) is 6. The van der Waals surface area contributed by atoms with Crippen LogP contribution in [0.4, 0.5) is 10.2 Å². The zero-order chi connectivity index (χ0) is 24.8. The fourth-order valence-electron chi connectivity index (χ4n) is 4.57. The third-order valence-electron chi connectivity index (χ3n) is 6.36. The van der Waals surface area contributed by atoms with Crippen LogP contribution >= 0.6 is 0 Å². The normalized spacial score (nSPS) is 15.1. The molecule has 0 fully saturated rings. The lowest BCUT2D eigenvalue weighted by atomic mass is 9.86. The Kier molecular flexibility index (Phi) is 5.21. The van der Waals surface area contributed by atoms with Gasteiger partial charge in [0.1, 0.15) is 24.0 Å². The number of carbonyl (C=O) groups is 1. The maximum atomic E-state index is 13.9. The second kappa shape index (κ2) is 8.56.